The third-order valence-corrected chi connectivity index (χ3v) is 1.86. The van der Waals surface area contributed by atoms with Gasteiger partial charge in [0.1, 0.15) is 5.76 Å². The van der Waals surface area contributed by atoms with Crippen molar-refractivity contribution in [3.05, 3.63) is 22.9 Å². The molecule has 0 aromatic carbocycles. The van der Waals surface area contributed by atoms with Gasteiger partial charge in [-0.2, -0.15) is 0 Å². The summed E-state index contributed by atoms with van der Waals surface area (Å²) in [6, 6.07) is 0. The third kappa shape index (κ3) is 2.58. The first-order valence-corrected chi connectivity index (χ1v) is 4.41. The molecule has 2 heteroatoms. The van der Waals surface area contributed by atoms with Crippen LogP contribution >= 0.6 is 11.6 Å². The highest BCUT2D eigenvalue weighted by Gasteiger charge is 2.05. The van der Waals surface area contributed by atoms with Crippen LogP contribution < -0.4 is 0 Å². The number of hydrogen-bond donors (Lipinski definition) is 0. The van der Waals surface area contributed by atoms with E-state index in [2.05, 4.69) is 13.0 Å². The van der Waals surface area contributed by atoms with Crippen molar-refractivity contribution < 1.29 is 4.74 Å². The molecule has 0 atom stereocenters. The largest absolute Gasteiger partial charge is 0.492 e. The quantitative estimate of drug-likeness (QED) is 0.635. The van der Waals surface area contributed by atoms with Gasteiger partial charge in [0, 0.05) is 0 Å². The first-order chi connectivity index (χ1) is 5.34. The summed E-state index contributed by atoms with van der Waals surface area (Å²) < 4.78 is 5.41. The molecule has 0 heterocycles. The fourth-order valence-corrected chi connectivity index (χ4v) is 1.20. The van der Waals surface area contributed by atoms with Crippen molar-refractivity contribution in [1.29, 1.82) is 0 Å². The molecule has 1 aliphatic rings. The minimum absolute atomic E-state index is 0.760. The molecule has 1 aliphatic carbocycles. The van der Waals surface area contributed by atoms with Crippen molar-refractivity contribution in [2.75, 3.05) is 6.61 Å². The van der Waals surface area contributed by atoms with Crippen molar-refractivity contribution in [3.8, 4) is 0 Å². The molecule has 0 aliphatic heterocycles. The van der Waals surface area contributed by atoms with Crippen LogP contribution in [0, 0.1) is 0 Å². The van der Waals surface area contributed by atoms with Crippen LogP contribution in [0.2, 0.25) is 0 Å². The summed E-state index contributed by atoms with van der Waals surface area (Å²) in [6.07, 6.45) is 7.18. The predicted octanol–water partition coefficient (Wildman–Crippen LogP) is 3.21. The molecule has 0 bridgehead atoms. The number of rotatable bonds is 3. The second kappa shape index (κ2) is 4.45. The van der Waals surface area contributed by atoms with E-state index in [1.165, 1.54) is 0 Å². The van der Waals surface area contributed by atoms with Crippen LogP contribution in [0.5, 0.6) is 0 Å². The summed E-state index contributed by atoms with van der Waals surface area (Å²) in [5.74, 6) is 0.861. The van der Waals surface area contributed by atoms with E-state index < -0.39 is 0 Å². The summed E-state index contributed by atoms with van der Waals surface area (Å²) >= 11 is 5.89. The lowest BCUT2D eigenvalue weighted by Gasteiger charge is -2.11. The zero-order valence-electron chi connectivity index (χ0n) is 6.77. The number of allylic oxidation sites excluding steroid dienone is 3. The number of halogens is 1. The van der Waals surface area contributed by atoms with Crippen LogP contribution in [0.3, 0.4) is 0 Å². The monoisotopic (exact) mass is 172 g/mol. The van der Waals surface area contributed by atoms with Crippen LogP contribution in [-0.2, 0) is 4.74 Å². The first kappa shape index (κ1) is 8.66. The van der Waals surface area contributed by atoms with Gasteiger partial charge in [0.15, 0.2) is 0 Å². The van der Waals surface area contributed by atoms with Gasteiger partial charge in [0.2, 0.25) is 0 Å². The van der Waals surface area contributed by atoms with E-state index in [4.69, 9.17) is 16.3 Å². The fourth-order valence-electron chi connectivity index (χ4n) is 0.962. The highest BCUT2D eigenvalue weighted by Crippen LogP contribution is 2.22. The van der Waals surface area contributed by atoms with Crippen LogP contribution in [0.1, 0.15) is 26.2 Å². The third-order valence-electron chi connectivity index (χ3n) is 1.52. The molecule has 1 rings (SSSR count). The topological polar surface area (TPSA) is 9.23 Å². The highest BCUT2D eigenvalue weighted by molar-refractivity contribution is 6.31. The lowest BCUT2D eigenvalue weighted by Crippen LogP contribution is -1.97. The summed E-state index contributed by atoms with van der Waals surface area (Å²) in [6.45, 7) is 2.84. The Labute approximate surface area is 72.7 Å². The standard InChI is InChI=1S/C9H13ClO/c1-2-7-11-9-6-4-3-5-8(9)10/h5-6H,2-4,7H2,1H3. The molecule has 0 saturated carbocycles. The molecular formula is C9H13ClO. The Hall–Kier alpha value is -0.430. The van der Waals surface area contributed by atoms with Gasteiger partial charge < -0.3 is 4.74 Å². The summed E-state index contributed by atoms with van der Waals surface area (Å²) in [7, 11) is 0. The Morgan fingerprint density at radius 1 is 1.45 bits per heavy atom. The average Bonchev–Trinajstić information content (AvgIpc) is 2.03. The maximum atomic E-state index is 5.89. The van der Waals surface area contributed by atoms with Gasteiger partial charge in [-0.05, 0) is 25.3 Å². The lowest BCUT2D eigenvalue weighted by molar-refractivity contribution is 0.221. The summed E-state index contributed by atoms with van der Waals surface area (Å²) in [4.78, 5) is 0. The van der Waals surface area contributed by atoms with E-state index in [0.717, 1.165) is 36.7 Å². The zero-order chi connectivity index (χ0) is 8.10. The molecule has 0 aromatic rings. The molecule has 0 saturated heterocycles. The molecule has 0 fully saturated rings. The predicted molar refractivity (Wildman–Crippen MR) is 47.5 cm³/mol. The molecule has 0 spiro atoms. The average molecular weight is 173 g/mol. The second-order valence-corrected chi connectivity index (χ2v) is 2.95. The van der Waals surface area contributed by atoms with Crippen LogP contribution in [0.15, 0.2) is 22.9 Å². The van der Waals surface area contributed by atoms with Crippen LogP contribution in [-0.4, -0.2) is 6.61 Å². The van der Waals surface area contributed by atoms with E-state index in [-0.39, 0.29) is 0 Å². The minimum Gasteiger partial charge on any atom is -0.492 e. The smallest absolute Gasteiger partial charge is 0.133 e. The molecule has 62 valence electrons. The Balaban J connectivity index is 2.43. The Kier molecular flexibility index (Phi) is 3.50. The van der Waals surface area contributed by atoms with Gasteiger partial charge >= 0.3 is 0 Å². The molecule has 0 aromatic heterocycles. The van der Waals surface area contributed by atoms with E-state index in [9.17, 15) is 0 Å². The lowest BCUT2D eigenvalue weighted by atomic mass is 10.2. The van der Waals surface area contributed by atoms with Crippen molar-refractivity contribution >= 4 is 11.6 Å². The Bertz CT molecular complexity index is 182. The van der Waals surface area contributed by atoms with Gasteiger partial charge in [-0.25, -0.2) is 0 Å². The fraction of sp³-hybridized carbons (Fsp3) is 0.556. The van der Waals surface area contributed by atoms with E-state index in [1.54, 1.807) is 0 Å². The van der Waals surface area contributed by atoms with E-state index in [1.807, 2.05) is 6.08 Å². The Morgan fingerprint density at radius 2 is 2.18 bits per heavy atom. The Morgan fingerprint density at radius 3 is 2.82 bits per heavy atom. The normalized spacial score (nSPS) is 17.3. The SMILES string of the molecule is CCCOC1=CCCC=C1Cl. The van der Waals surface area contributed by atoms with Crippen molar-refractivity contribution in [3.63, 3.8) is 0 Å². The summed E-state index contributed by atoms with van der Waals surface area (Å²) in [5, 5.41) is 0.768. The van der Waals surface area contributed by atoms with Gasteiger partial charge in [-0.1, -0.05) is 24.6 Å². The van der Waals surface area contributed by atoms with Crippen molar-refractivity contribution in [1.82, 2.24) is 0 Å². The molecule has 0 radical (unpaired) electrons. The van der Waals surface area contributed by atoms with E-state index in [0.29, 0.717) is 0 Å². The van der Waals surface area contributed by atoms with Gasteiger partial charge in [-0.15, -0.1) is 0 Å². The van der Waals surface area contributed by atoms with Gasteiger partial charge in [0.05, 0.1) is 11.6 Å². The second-order valence-electron chi connectivity index (χ2n) is 2.55. The maximum absolute atomic E-state index is 5.89. The molecule has 11 heavy (non-hydrogen) atoms. The first-order valence-electron chi connectivity index (χ1n) is 4.03. The van der Waals surface area contributed by atoms with Crippen LogP contribution in [0.25, 0.3) is 0 Å². The van der Waals surface area contributed by atoms with E-state index >= 15 is 0 Å². The minimum atomic E-state index is 0.760. The molecule has 1 nitrogen and oxygen atoms in total. The van der Waals surface area contributed by atoms with Gasteiger partial charge in [-0.3, -0.25) is 0 Å². The van der Waals surface area contributed by atoms with Crippen LogP contribution in [0.4, 0.5) is 0 Å². The molecular weight excluding hydrogens is 160 g/mol. The zero-order valence-corrected chi connectivity index (χ0v) is 7.53. The molecule has 0 N–H and O–H groups in total. The number of hydrogen-bond acceptors (Lipinski definition) is 1. The maximum Gasteiger partial charge on any atom is 0.133 e. The van der Waals surface area contributed by atoms with Crippen molar-refractivity contribution in [2.24, 2.45) is 0 Å². The van der Waals surface area contributed by atoms with Crippen molar-refractivity contribution in [2.45, 2.75) is 26.2 Å². The highest BCUT2D eigenvalue weighted by atomic mass is 35.5. The molecule has 0 unspecified atom stereocenters. The summed E-state index contributed by atoms with van der Waals surface area (Å²) in [5.41, 5.74) is 0. The number of ether oxygens (including phenoxy) is 1. The van der Waals surface area contributed by atoms with Gasteiger partial charge in [0.25, 0.3) is 0 Å². The molecule has 0 amide bonds.